The van der Waals surface area contributed by atoms with E-state index in [1.54, 1.807) is 7.11 Å². The highest BCUT2D eigenvalue weighted by Crippen LogP contribution is 2.39. The Balaban J connectivity index is 2.19. The molecule has 0 spiro atoms. The van der Waals surface area contributed by atoms with Crippen LogP contribution in [-0.4, -0.2) is 77.8 Å². The Morgan fingerprint density at radius 3 is 2.37 bits per heavy atom. The molecule has 1 amide bonds. The van der Waals surface area contributed by atoms with Crippen molar-refractivity contribution in [3.8, 4) is 5.75 Å². The number of ether oxygens (including phenoxy) is 1. The molecule has 1 heterocycles. The number of hydrogen-bond donors (Lipinski definition) is 2. The first-order chi connectivity index (χ1) is 14.5. The molecule has 7 nitrogen and oxygen atoms in total. The summed E-state index contributed by atoms with van der Waals surface area (Å²) in [5.41, 5.74) is 0.958. The zero-order chi connectivity index (χ0) is 22.1. The molecule has 1 aromatic rings. The van der Waals surface area contributed by atoms with Crippen LogP contribution in [0.25, 0.3) is 0 Å². The Kier molecular flexibility index (Phi) is 9.59. The van der Waals surface area contributed by atoms with Crippen molar-refractivity contribution >= 4 is 11.9 Å². The molecule has 30 heavy (non-hydrogen) atoms. The minimum atomic E-state index is -0.819. The monoisotopic (exact) mass is 420 g/mol. The van der Waals surface area contributed by atoms with Crippen LogP contribution in [0, 0.1) is 5.92 Å². The third-order valence-corrected chi connectivity index (χ3v) is 6.05. The van der Waals surface area contributed by atoms with Crippen LogP contribution in [-0.2, 0) is 9.59 Å². The molecule has 3 unspecified atom stereocenters. The molecule has 1 aliphatic heterocycles. The van der Waals surface area contributed by atoms with Crippen molar-refractivity contribution in [3.05, 3.63) is 29.8 Å². The minimum Gasteiger partial charge on any atom is -0.497 e. The maximum atomic E-state index is 13.0. The van der Waals surface area contributed by atoms with Gasteiger partial charge in [-0.1, -0.05) is 32.4 Å². The maximum absolute atomic E-state index is 13.0. The fourth-order valence-corrected chi connectivity index (χ4v) is 4.44. The van der Waals surface area contributed by atoms with Gasteiger partial charge in [0.2, 0.25) is 5.91 Å². The van der Waals surface area contributed by atoms with Crippen LogP contribution in [0.5, 0.6) is 5.75 Å². The lowest BCUT2D eigenvalue weighted by molar-refractivity contribution is -0.143. The average molecular weight is 421 g/mol. The fraction of sp³-hybridized carbons (Fsp3) is 0.652. The van der Waals surface area contributed by atoms with Gasteiger partial charge in [-0.2, -0.15) is 0 Å². The van der Waals surface area contributed by atoms with Gasteiger partial charge in [0.25, 0.3) is 0 Å². The third-order valence-electron chi connectivity index (χ3n) is 6.05. The van der Waals surface area contributed by atoms with Crippen molar-refractivity contribution in [2.75, 3.05) is 39.9 Å². The van der Waals surface area contributed by atoms with Crippen LogP contribution in [0.1, 0.15) is 51.0 Å². The number of methoxy groups -OCH3 is 1. The van der Waals surface area contributed by atoms with E-state index in [1.807, 2.05) is 41.0 Å². The number of aliphatic carboxylic acids is 1. The summed E-state index contributed by atoms with van der Waals surface area (Å²) in [6.45, 7) is 6.07. The number of hydrogen-bond acceptors (Lipinski definition) is 5. The van der Waals surface area contributed by atoms with E-state index in [0.29, 0.717) is 32.5 Å². The van der Waals surface area contributed by atoms with E-state index < -0.39 is 11.9 Å². The average Bonchev–Trinajstić information content (AvgIpc) is 3.12. The molecule has 1 saturated heterocycles. The second-order valence-electron chi connectivity index (χ2n) is 7.96. The second kappa shape index (κ2) is 11.9. The number of carbonyl (C=O) groups excluding carboxylic acids is 1. The largest absolute Gasteiger partial charge is 0.497 e. The van der Waals surface area contributed by atoms with Gasteiger partial charge in [0.15, 0.2) is 0 Å². The number of nitrogens with zero attached hydrogens (tertiary/aromatic N) is 2. The predicted octanol–water partition coefficient (Wildman–Crippen LogP) is 2.58. The smallest absolute Gasteiger partial charge is 0.308 e. The number of aliphatic hydroxyl groups excluding tert-OH is 1. The summed E-state index contributed by atoms with van der Waals surface area (Å²) in [6.07, 6.45) is 3.13. The van der Waals surface area contributed by atoms with E-state index in [1.165, 1.54) is 0 Å². The number of carbonyl (C=O) groups is 2. The predicted molar refractivity (Wildman–Crippen MR) is 116 cm³/mol. The molecule has 1 fully saturated rings. The Bertz CT molecular complexity index is 671. The molecule has 0 saturated carbocycles. The number of carboxylic acid groups (broad SMARTS) is 1. The van der Waals surface area contributed by atoms with Crippen molar-refractivity contribution in [1.82, 2.24) is 9.80 Å². The first-order valence-electron chi connectivity index (χ1n) is 11.0. The molecule has 2 rings (SSSR count). The van der Waals surface area contributed by atoms with Crippen molar-refractivity contribution in [2.24, 2.45) is 5.92 Å². The van der Waals surface area contributed by atoms with Crippen molar-refractivity contribution in [1.29, 1.82) is 0 Å². The van der Waals surface area contributed by atoms with Gasteiger partial charge in [-0.15, -0.1) is 0 Å². The number of amides is 1. The third kappa shape index (κ3) is 5.95. The Morgan fingerprint density at radius 1 is 1.17 bits per heavy atom. The van der Waals surface area contributed by atoms with Gasteiger partial charge < -0.3 is 19.8 Å². The number of rotatable bonds is 12. The quantitative estimate of drug-likeness (QED) is 0.540. The zero-order valence-corrected chi connectivity index (χ0v) is 18.4. The van der Waals surface area contributed by atoms with Crippen LogP contribution in [0.4, 0.5) is 0 Å². The van der Waals surface area contributed by atoms with Gasteiger partial charge in [0, 0.05) is 38.2 Å². The normalized spacial score (nSPS) is 21.5. The maximum Gasteiger partial charge on any atom is 0.308 e. The molecule has 0 aliphatic carbocycles. The Labute approximate surface area is 179 Å². The zero-order valence-electron chi connectivity index (χ0n) is 18.4. The van der Waals surface area contributed by atoms with Gasteiger partial charge in [-0.3, -0.25) is 14.5 Å². The molecule has 1 aliphatic rings. The van der Waals surface area contributed by atoms with Crippen molar-refractivity contribution in [2.45, 2.75) is 51.5 Å². The summed E-state index contributed by atoms with van der Waals surface area (Å²) >= 11 is 0. The van der Waals surface area contributed by atoms with Crippen molar-refractivity contribution in [3.63, 3.8) is 0 Å². The van der Waals surface area contributed by atoms with E-state index in [-0.39, 0.29) is 31.0 Å². The topological polar surface area (TPSA) is 90.3 Å². The number of unbranched alkanes of at least 4 members (excludes halogenated alkanes) is 1. The first kappa shape index (κ1) is 24.2. The van der Waals surface area contributed by atoms with E-state index in [2.05, 4.69) is 6.92 Å². The van der Waals surface area contributed by atoms with Gasteiger partial charge in [0.05, 0.1) is 19.6 Å². The molecule has 3 atom stereocenters. The lowest BCUT2D eigenvalue weighted by Crippen LogP contribution is -2.44. The highest BCUT2D eigenvalue weighted by atomic mass is 16.5. The molecular weight excluding hydrogens is 384 g/mol. The summed E-state index contributed by atoms with van der Waals surface area (Å²) < 4.78 is 5.22. The molecule has 0 bridgehead atoms. The molecule has 1 aromatic carbocycles. The lowest BCUT2D eigenvalue weighted by atomic mass is 9.84. The highest BCUT2D eigenvalue weighted by molar-refractivity contribution is 5.79. The number of benzene rings is 1. The summed E-state index contributed by atoms with van der Waals surface area (Å²) in [4.78, 5) is 29.0. The van der Waals surface area contributed by atoms with Gasteiger partial charge in [-0.25, -0.2) is 0 Å². The molecule has 168 valence electrons. The van der Waals surface area contributed by atoms with Gasteiger partial charge >= 0.3 is 5.97 Å². The molecule has 0 aromatic heterocycles. The lowest BCUT2D eigenvalue weighted by Gasteiger charge is -2.29. The van der Waals surface area contributed by atoms with E-state index in [9.17, 15) is 14.7 Å². The summed E-state index contributed by atoms with van der Waals surface area (Å²) in [7, 11) is 1.60. The Morgan fingerprint density at radius 2 is 1.83 bits per heavy atom. The Hall–Kier alpha value is -2.12. The fourth-order valence-electron chi connectivity index (χ4n) is 4.44. The van der Waals surface area contributed by atoms with E-state index >= 15 is 0 Å². The number of carboxylic acids is 1. The van der Waals surface area contributed by atoms with Crippen LogP contribution >= 0.6 is 0 Å². The number of aliphatic hydroxyl groups is 1. The summed E-state index contributed by atoms with van der Waals surface area (Å²) in [5.74, 6) is -0.806. The van der Waals surface area contributed by atoms with Crippen LogP contribution in [0.2, 0.25) is 0 Å². The van der Waals surface area contributed by atoms with E-state index in [4.69, 9.17) is 9.84 Å². The standard InChI is InChI=1S/C23H36N2O5/c1-4-6-12-24(13-7-14-26)21(27)16-25-15-19(22(23(28)29)20(25)5-2)17-8-10-18(30-3)11-9-17/h8-11,19-20,22,26H,4-7,12-16H2,1-3H3,(H,28,29). The second-order valence-corrected chi connectivity index (χ2v) is 7.96. The first-order valence-corrected chi connectivity index (χ1v) is 11.0. The van der Waals surface area contributed by atoms with Gasteiger partial charge in [-0.05, 0) is 37.0 Å². The minimum absolute atomic E-state index is 0.00914. The van der Waals surface area contributed by atoms with Crippen LogP contribution < -0.4 is 4.74 Å². The molecule has 0 radical (unpaired) electrons. The van der Waals surface area contributed by atoms with Gasteiger partial charge in [0.1, 0.15) is 5.75 Å². The SMILES string of the molecule is CCCCN(CCCO)C(=O)CN1CC(c2ccc(OC)cc2)C(C(=O)O)C1CC. The highest BCUT2D eigenvalue weighted by Gasteiger charge is 2.46. The van der Waals surface area contributed by atoms with Crippen molar-refractivity contribution < 1.29 is 24.5 Å². The molecule has 7 heteroatoms. The molecular formula is C23H36N2O5. The van der Waals surface area contributed by atoms with Crippen LogP contribution in [0.15, 0.2) is 24.3 Å². The van der Waals surface area contributed by atoms with E-state index in [0.717, 1.165) is 24.2 Å². The number of likely N-dealkylation sites (tertiary alicyclic amines) is 1. The molecule has 2 N–H and O–H groups in total. The summed E-state index contributed by atoms with van der Waals surface area (Å²) in [5, 5.41) is 19.1. The van der Waals surface area contributed by atoms with Crippen LogP contribution in [0.3, 0.4) is 0 Å². The summed E-state index contributed by atoms with van der Waals surface area (Å²) in [6, 6.07) is 7.36.